The lowest BCUT2D eigenvalue weighted by atomic mass is 10.5. The van der Waals surface area contributed by atoms with Gasteiger partial charge in [0, 0.05) is 18.9 Å². The topological polar surface area (TPSA) is 77.8 Å². The highest BCUT2D eigenvalue weighted by atomic mass is 35.5. The second-order valence-corrected chi connectivity index (χ2v) is 4.09. The third kappa shape index (κ3) is 4.36. The van der Waals surface area contributed by atoms with Gasteiger partial charge in [-0.3, -0.25) is 4.68 Å². The molecule has 2 aromatic rings. The molecule has 0 saturated heterocycles. The van der Waals surface area contributed by atoms with E-state index in [1.165, 1.54) is 0 Å². The Morgan fingerprint density at radius 2 is 2.26 bits per heavy atom. The van der Waals surface area contributed by atoms with E-state index in [9.17, 15) is 0 Å². The molecule has 0 aromatic carbocycles. The van der Waals surface area contributed by atoms with E-state index in [0.29, 0.717) is 25.6 Å². The van der Waals surface area contributed by atoms with Gasteiger partial charge in [0.2, 0.25) is 11.2 Å². The van der Waals surface area contributed by atoms with E-state index in [4.69, 9.17) is 16.3 Å². The molecule has 0 unspecified atom stereocenters. The smallest absolute Gasteiger partial charge is 0.322 e. The third-order valence-corrected chi connectivity index (χ3v) is 2.38. The average Bonchev–Trinajstić information content (AvgIpc) is 2.89. The van der Waals surface area contributed by atoms with Gasteiger partial charge in [0.1, 0.15) is 0 Å². The maximum atomic E-state index is 5.81. The van der Waals surface area contributed by atoms with Crippen molar-refractivity contribution in [3.63, 3.8) is 0 Å². The number of halogens is 1. The minimum Gasteiger partial charge on any atom is -0.463 e. The zero-order chi connectivity index (χ0) is 13.5. The second kappa shape index (κ2) is 6.89. The van der Waals surface area contributed by atoms with Crippen LogP contribution < -0.4 is 10.1 Å². The lowest BCUT2D eigenvalue weighted by Gasteiger charge is -2.07. The van der Waals surface area contributed by atoms with Crippen LogP contribution in [0.3, 0.4) is 0 Å². The fourth-order valence-corrected chi connectivity index (χ4v) is 1.54. The molecule has 0 atom stereocenters. The fourth-order valence-electron chi connectivity index (χ4n) is 1.38. The average molecular weight is 283 g/mol. The number of ether oxygens (including phenoxy) is 1. The van der Waals surface area contributed by atoms with Crippen molar-refractivity contribution in [3.8, 4) is 6.01 Å². The van der Waals surface area contributed by atoms with Crippen molar-refractivity contribution in [1.82, 2.24) is 24.7 Å². The van der Waals surface area contributed by atoms with E-state index in [1.807, 2.05) is 23.9 Å². The molecule has 2 rings (SSSR count). The summed E-state index contributed by atoms with van der Waals surface area (Å²) in [6, 6.07) is 2.11. The van der Waals surface area contributed by atoms with Crippen molar-refractivity contribution in [2.75, 3.05) is 18.5 Å². The van der Waals surface area contributed by atoms with Gasteiger partial charge in [0.15, 0.2) is 0 Å². The van der Waals surface area contributed by atoms with E-state index in [2.05, 4.69) is 25.4 Å². The van der Waals surface area contributed by atoms with Gasteiger partial charge >= 0.3 is 6.01 Å². The summed E-state index contributed by atoms with van der Waals surface area (Å²) in [6.45, 7) is 3.90. The van der Waals surface area contributed by atoms with Gasteiger partial charge in [0.25, 0.3) is 0 Å². The number of aromatic nitrogens is 5. The van der Waals surface area contributed by atoms with Crippen molar-refractivity contribution < 1.29 is 4.74 Å². The minimum atomic E-state index is 0.114. The third-order valence-electron chi connectivity index (χ3n) is 2.21. The van der Waals surface area contributed by atoms with Crippen LogP contribution in [0.1, 0.15) is 13.3 Å². The molecule has 19 heavy (non-hydrogen) atoms. The van der Waals surface area contributed by atoms with Gasteiger partial charge in [-0.25, -0.2) is 0 Å². The highest BCUT2D eigenvalue weighted by Gasteiger charge is 2.05. The molecule has 0 aliphatic heterocycles. The SMILES string of the molecule is CCCOc1nc(Cl)nc(NCCn2cccn2)n1. The maximum absolute atomic E-state index is 5.81. The van der Waals surface area contributed by atoms with Crippen molar-refractivity contribution in [3.05, 3.63) is 23.7 Å². The zero-order valence-electron chi connectivity index (χ0n) is 10.6. The van der Waals surface area contributed by atoms with Gasteiger partial charge in [-0.15, -0.1) is 0 Å². The number of anilines is 1. The van der Waals surface area contributed by atoms with Crippen LogP contribution in [0.15, 0.2) is 18.5 Å². The molecule has 102 valence electrons. The molecule has 2 aromatic heterocycles. The van der Waals surface area contributed by atoms with Crippen molar-refractivity contribution >= 4 is 17.5 Å². The van der Waals surface area contributed by atoms with Crippen LogP contribution in [0.4, 0.5) is 5.95 Å². The molecule has 0 fully saturated rings. The van der Waals surface area contributed by atoms with Crippen LogP contribution in [-0.4, -0.2) is 37.9 Å². The van der Waals surface area contributed by atoms with E-state index in [1.54, 1.807) is 6.20 Å². The van der Waals surface area contributed by atoms with Crippen molar-refractivity contribution in [1.29, 1.82) is 0 Å². The highest BCUT2D eigenvalue weighted by molar-refractivity contribution is 6.28. The van der Waals surface area contributed by atoms with Crippen LogP contribution in [-0.2, 0) is 6.54 Å². The summed E-state index contributed by atoms with van der Waals surface area (Å²) >= 11 is 5.81. The van der Waals surface area contributed by atoms with Crippen LogP contribution >= 0.6 is 11.6 Å². The molecule has 0 amide bonds. The summed E-state index contributed by atoms with van der Waals surface area (Å²) in [5.74, 6) is 0.401. The van der Waals surface area contributed by atoms with Gasteiger partial charge < -0.3 is 10.1 Å². The van der Waals surface area contributed by atoms with Gasteiger partial charge in [0.05, 0.1) is 13.2 Å². The van der Waals surface area contributed by atoms with Crippen LogP contribution in [0.5, 0.6) is 6.01 Å². The molecule has 0 aliphatic carbocycles. The Morgan fingerprint density at radius 3 is 3.00 bits per heavy atom. The Labute approximate surface area is 116 Å². The van der Waals surface area contributed by atoms with Crippen LogP contribution in [0.2, 0.25) is 5.28 Å². The highest BCUT2D eigenvalue weighted by Crippen LogP contribution is 2.11. The lowest BCUT2D eigenvalue weighted by molar-refractivity contribution is 0.291. The number of rotatable bonds is 7. The second-order valence-electron chi connectivity index (χ2n) is 3.75. The molecule has 7 nitrogen and oxygen atoms in total. The normalized spacial score (nSPS) is 10.4. The monoisotopic (exact) mass is 282 g/mol. The minimum absolute atomic E-state index is 0.114. The summed E-state index contributed by atoms with van der Waals surface area (Å²) in [5, 5.41) is 7.26. The summed E-state index contributed by atoms with van der Waals surface area (Å²) in [4.78, 5) is 12.0. The molecule has 2 heterocycles. The Bertz CT molecular complexity index is 504. The summed E-state index contributed by atoms with van der Waals surface area (Å²) < 4.78 is 7.13. The Morgan fingerprint density at radius 1 is 1.37 bits per heavy atom. The number of hydrogen-bond acceptors (Lipinski definition) is 6. The summed E-state index contributed by atoms with van der Waals surface area (Å²) in [6.07, 6.45) is 4.50. The largest absolute Gasteiger partial charge is 0.463 e. The van der Waals surface area contributed by atoms with Gasteiger partial charge in [-0.2, -0.15) is 20.1 Å². The van der Waals surface area contributed by atoms with E-state index in [0.717, 1.165) is 6.42 Å². The maximum Gasteiger partial charge on any atom is 0.322 e. The first-order chi connectivity index (χ1) is 9.28. The first-order valence-electron chi connectivity index (χ1n) is 6.03. The molecule has 0 spiro atoms. The molecule has 0 saturated carbocycles. The molecule has 0 radical (unpaired) electrons. The standard InChI is InChI=1S/C11H15ClN6O/c1-2-8-19-11-16-9(12)15-10(17-11)13-5-7-18-6-3-4-14-18/h3-4,6H,2,5,7-8H2,1H3,(H,13,15,16,17). The summed E-state index contributed by atoms with van der Waals surface area (Å²) in [7, 11) is 0. The molecule has 1 N–H and O–H groups in total. The number of nitrogens with zero attached hydrogens (tertiary/aromatic N) is 5. The lowest BCUT2D eigenvalue weighted by Crippen LogP contribution is -2.13. The molecular formula is C11H15ClN6O. The van der Waals surface area contributed by atoms with Crippen molar-refractivity contribution in [2.45, 2.75) is 19.9 Å². The predicted molar refractivity (Wildman–Crippen MR) is 71.3 cm³/mol. The van der Waals surface area contributed by atoms with Gasteiger partial charge in [-0.05, 0) is 24.1 Å². The molecular weight excluding hydrogens is 268 g/mol. The van der Waals surface area contributed by atoms with Gasteiger partial charge in [-0.1, -0.05) is 6.92 Å². The fraction of sp³-hybridized carbons (Fsp3) is 0.455. The predicted octanol–water partition coefficient (Wildman–Crippen LogP) is 1.62. The van der Waals surface area contributed by atoms with Crippen LogP contribution in [0, 0.1) is 0 Å². The number of nitrogens with one attached hydrogen (secondary N) is 1. The Balaban J connectivity index is 1.90. The first-order valence-corrected chi connectivity index (χ1v) is 6.41. The van der Waals surface area contributed by atoms with E-state index < -0.39 is 0 Å². The quantitative estimate of drug-likeness (QED) is 0.831. The summed E-state index contributed by atoms with van der Waals surface area (Å²) in [5.41, 5.74) is 0. The Hall–Kier alpha value is -1.89. The molecule has 8 heteroatoms. The molecule has 0 aliphatic rings. The van der Waals surface area contributed by atoms with Crippen LogP contribution in [0.25, 0.3) is 0 Å². The zero-order valence-corrected chi connectivity index (χ0v) is 11.3. The number of hydrogen-bond donors (Lipinski definition) is 1. The first kappa shape index (κ1) is 13.5. The van der Waals surface area contributed by atoms with E-state index >= 15 is 0 Å². The van der Waals surface area contributed by atoms with Crippen molar-refractivity contribution in [2.24, 2.45) is 0 Å². The molecule has 0 bridgehead atoms. The van der Waals surface area contributed by atoms with E-state index in [-0.39, 0.29) is 11.3 Å². The Kier molecular flexibility index (Phi) is 4.91.